The van der Waals surface area contributed by atoms with Gasteiger partial charge in [-0.2, -0.15) is 0 Å². The van der Waals surface area contributed by atoms with Crippen molar-refractivity contribution in [3.05, 3.63) is 29.8 Å². The standard InChI is InChI=1S/C20H32N2O3/c1-20(2,3)25-19(23)21-12-11-17-7-9-18(10-8-17)24-16-6-15-22-13-4-5-14-22/h7-10H,4-6,11-16H2,1-3H3,(H,21,23). The predicted octanol–water partition coefficient (Wildman–Crippen LogP) is 3.62. The molecule has 1 saturated heterocycles. The van der Waals surface area contributed by atoms with Gasteiger partial charge in [0.25, 0.3) is 0 Å². The van der Waals surface area contributed by atoms with E-state index in [0.717, 1.165) is 31.7 Å². The fourth-order valence-electron chi connectivity index (χ4n) is 2.86. The van der Waals surface area contributed by atoms with Crippen molar-refractivity contribution < 1.29 is 14.3 Å². The summed E-state index contributed by atoms with van der Waals surface area (Å²) < 4.78 is 11.0. The highest BCUT2D eigenvalue weighted by molar-refractivity contribution is 5.67. The molecule has 0 aromatic heterocycles. The molecule has 1 aliphatic heterocycles. The molecule has 25 heavy (non-hydrogen) atoms. The highest BCUT2D eigenvalue weighted by Crippen LogP contribution is 2.13. The summed E-state index contributed by atoms with van der Waals surface area (Å²) >= 11 is 0. The number of likely N-dealkylation sites (tertiary alicyclic amines) is 1. The smallest absolute Gasteiger partial charge is 0.407 e. The number of carbonyl (C=O) groups excluding carboxylic acids is 1. The molecule has 5 heteroatoms. The van der Waals surface area contributed by atoms with E-state index in [9.17, 15) is 4.79 Å². The average Bonchev–Trinajstić information content (AvgIpc) is 3.04. The Morgan fingerprint density at radius 1 is 1.16 bits per heavy atom. The summed E-state index contributed by atoms with van der Waals surface area (Å²) in [6, 6.07) is 8.09. The van der Waals surface area contributed by atoms with Crippen LogP contribution in [0.25, 0.3) is 0 Å². The number of carbonyl (C=O) groups is 1. The second-order valence-electron chi connectivity index (χ2n) is 7.57. The van der Waals surface area contributed by atoms with E-state index in [2.05, 4.69) is 10.2 Å². The SMILES string of the molecule is CC(C)(C)OC(=O)NCCc1ccc(OCCCN2CCCC2)cc1. The molecule has 1 aromatic carbocycles. The maximum absolute atomic E-state index is 11.6. The van der Waals surface area contributed by atoms with Gasteiger partial charge in [-0.05, 0) is 77.2 Å². The molecule has 1 amide bonds. The number of amides is 1. The molecular formula is C20H32N2O3. The molecule has 0 atom stereocenters. The summed E-state index contributed by atoms with van der Waals surface area (Å²) in [7, 11) is 0. The quantitative estimate of drug-likeness (QED) is 0.729. The first-order valence-corrected chi connectivity index (χ1v) is 9.33. The molecule has 1 N–H and O–H groups in total. The van der Waals surface area contributed by atoms with Crippen molar-refractivity contribution >= 4 is 6.09 Å². The number of hydrogen-bond acceptors (Lipinski definition) is 4. The Labute approximate surface area is 151 Å². The number of alkyl carbamates (subject to hydrolysis) is 1. The zero-order valence-corrected chi connectivity index (χ0v) is 15.8. The van der Waals surface area contributed by atoms with E-state index in [0.29, 0.717) is 6.54 Å². The van der Waals surface area contributed by atoms with E-state index >= 15 is 0 Å². The molecule has 0 unspecified atom stereocenters. The largest absolute Gasteiger partial charge is 0.494 e. The van der Waals surface area contributed by atoms with Crippen molar-refractivity contribution in [2.45, 2.75) is 52.1 Å². The fourth-order valence-corrected chi connectivity index (χ4v) is 2.86. The van der Waals surface area contributed by atoms with Gasteiger partial charge in [0.1, 0.15) is 11.4 Å². The Balaban J connectivity index is 1.59. The van der Waals surface area contributed by atoms with E-state index in [1.54, 1.807) is 0 Å². The normalized spacial score (nSPS) is 15.2. The van der Waals surface area contributed by atoms with E-state index in [1.807, 2.05) is 45.0 Å². The third kappa shape index (κ3) is 8.25. The molecular weight excluding hydrogens is 316 g/mol. The summed E-state index contributed by atoms with van der Waals surface area (Å²) in [5.74, 6) is 0.908. The van der Waals surface area contributed by atoms with Gasteiger partial charge in [-0.15, -0.1) is 0 Å². The average molecular weight is 348 g/mol. The lowest BCUT2D eigenvalue weighted by Crippen LogP contribution is -2.33. The number of ether oxygens (including phenoxy) is 2. The van der Waals surface area contributed by atoms with Gasteiger partial charge in [-0.3, -0.25) is 0 Å². The molecule has 1 aromatic rings. The van der Waals surface area contributed by atoms with Crippen LogP contribution < -0.4 is 10.1 Å². The third-order valence-corrected chi connectivity index (χ3v) is 4.09. The number of benzene rings is 1. The minimum Gasteiger partial charge on any atom is -0.494 e. The van der Waals surface area contributed by atoms with Gasteiger partial charge < -0.3 is 19.7 Å². The summed E-state index contributed by atoms with van der Waals surface area (Å²) in [4.78, 5) is 14.1. The monoisotopic (exact) mass is 348 g/mol. The van der Waals surface area contributed by atoms with Gasteiger partial charge >= 0.3 is 6.09 Å². The van der Waals surface area contributed by atoms with Crippen LogP contribution in [0, 0.1) is 0 Å². The lowest BCUT2D eigenvalue weighted by atomic mass is 10.1. The van der Waals surface area contributed by atoms with Crippen molar-refractivity contribution in [3.8, 4) is 5.75 Å². The molecule has 0 saturated carbocycles. The van der Waals surface area contributed by atoms with Crippen LogP contribution in [0.4, 0.5) is 4.79 Å². The number of nitrogens with one attached hydrogen (secondary N) is 1. The van der Waals surface area contributed by atoms with E-state index in [-0.39, 0.29) is 6.09 Å². The van der Waals surface area contributed by atoms with Gasteiger partial charge in [0.15, 0.2) is 0 Å². The fraction of sp³-hybridized carbons (Fsp3) is 0.650. The Morgan fingerprint density at radius 2 is 1.84 bits per heavy atom. The maximum atomic E-state index is 11.6. The topological polar surface area (TPSA) is 50.8 Å². The third-order valence-electron chi connectivity index (χ3n) is 4.09. The molecule has 1 aliphatic rings. The van der Waals surface area contributed by atoms with Crippen LogP contribution in [0.3, 0.4) is 0 Å². The number of nitrogens with zero attached hydrogens (tertiary/aromatic N) is 1. The molecule has 0 aliphatic carbocycles. The van der Waals surface area contributed by atoms with Gasteiger partial charge in [0, 0.05) is 13.1 Å². The zero-order chi connectivity index (χ0) is 18.1. The molecule has 0 spiro atoms. The Kier molecular flexibility index (Phi) is 7.56. The first kappa shape index (κ1) is 19.6. The molecule has 0 radical (unpaired) electrons. The lowest BCUT2D eigenvalue weighted by molar-refractivity contribution is 0.0528. The van der Waals surface area contributed by atoms with Crippen LogP contribution in [0.2, 0.25) is 0 Å². The molecule has 2 rings (SSSR count). The zero-order valence-electron chi connectivity index (χ0n) is 15.8. The van der Waals surface area contributed by atoms with Gasteiger partial charge in [0.2, 0.25) is 0 Å². The predicted molar refractivity (Wildman–Crippen MR) is 100 cm³/mol. The Morgan fingerprint density at radius 3 is 2.48 bits per heavy atom. The number of rotatable bonds is 8. The van der Waals surface area contributed by atoms with Crippen molar-refractivity contribution in [3.63, 3.8) is 0 Å². The maximum Gasteiger partial charge on any atom is 0.407 e. The summed E-state index contributed by atoms with van der Waals surface area (Å²) in [5.41, 5.74) is 0.707. The lowest BCUT2D eigenvalue weighted by Gasteiger charge is -2.19. The second kappa shape index (κ2) is 9.66. The van der Waals surface area contributed by atoms with E-state index in [1.165, 1.54) is 31.5 Å². The van der Waals surface area contributed by atoms with E-state index in [4.69, 9.17) is 9.47 Å². The van der Waals surface area contributed by atoms with Gasteiger partial charge in [0.05, 0.1) is 6.61 Å². The number of hydrogen-bond donors (Lipinski definition) is 1. The first-order valence-electron chi connectivity index (χ1n) is 9.33. The van der Waals surface area contributed by atoms with Crippen LogP contribution in [0.1, 0.15) is 45.6 Å². The summed E-state index contributed by atoms with van der Waals surface area (Å²) in [6.45, 7) is 10.5. The highest BCUT2D eigenvalue weighted by atomic mass is 16.6. The molecule has 0 bridgehead atoms. The van der Waals surface area contributed by atoms with Crippen molar-refractivity contribution in [1.29, 1.82) is 0 Å². The van der Waals surface area contributed by atoms with Crippen LogP contribution in [-0.2, 0) is 11.2 Å². The van der Waals surface area contributed by atoms with Gasteiger partial charge in [-0.25, -0.2) is 4.79 Å². The Hall–Kier alpha value is -1.75. The van der Waals surface area contributed by atoms with Gasteiger partial charge in [-0.1, -0.05) is 12.1 Å². The summed E-state index contributed by atoms with van der Waals surface area (Å²) in [6.07, 6.45) is 4.15. The minimum atomic E-state index is -0.460. The first-order chi connectivity index (χ1) is 11.9. The van der Waals surface area contributed by atoms with Crippen LogP contribution in [-0.4, -0.2) is 49.4 Å². The molecule has 1 heterocycles. The summed E-state index contributed by atoms with van der Waals surface area (Å²) in [5, 5.41) is 2.77. The van der Waals surface area contributed by atoms with Crippen LogP contribution in [0.5, 0.6) is 5.75 Å². The van der Waals surface area contributed by atoms with E-state index < -0.39 is 5.60 Å². The Bertz CT molecular complexity index is 517. The molecule has 1 fully saturated rings. The minimum absolute atomic E-state index is 0.370. The van der Waals surface area contributed by atoms with Crippen LogP contribution in [0.15, 0.2) is 24.3 Å². The second-order valence-corrected chi connectivity index (χ2v) is 7.57. The van der Waals surface area contributed by atoms with Crippen LogP contribution >= 0.6 is 0 Å². The van der Waals surface area contributed by atoms with Crippen molar-refractivity contribution in [2.24, 2.45) is 0 Å². The van der Waals surface area contributed by atoms with Crippen molar-refractivity contribution in [1.82, 2.24) is 10.2 Å². The molecule has 5 nitrogen and oxygen atoms in total. The highest BCUT2D eigenvalue weighted by Gasteiger charge is 2.15. The van der Waals surface area contributed by atoms with Crippen molar-refractivity contribution in [2.75, 3.05) is 32.8 Å². The molecule has 140 valence electrons.